The molecule has 0 amide bonds. The molecule has 0 radical (unpaired) electrons. The molecule has 110 valence electrons. The van der Waals surface area contributed by atoms with Crippen molar-refractivity contribution < 1.29 is 9.53 Å². The molecule has 0 fully saturated rings. The van der Waals surface area contributed by atoms with Crippen molar-refractivity contribution in [3.63, 3.8) is 0 Å². The summed E-state index contributed by atoms with van der Waals surface area (Å²) < 4.78 is 5.78. The second kappa shape index (κ2) is 6.26. The van der Waals surface area contributed by atoms with Crippen molar-refractivity contribution in [3.05, 3.63) is 40.4 Å². The number of aldehydes is 1. The van der Waals surface area contributed by atoms with Gasteiger partial charge in [0.1, 0.15) is 12.4 Å². The molecule has 1 aromatic heterocycles. The highest BCUT2D eigenvalue weighted by Gasteiger charge is 2.19. The number of hydrogen-bond acceptors (Lipinski definition) is 5. The van der Waals surface area contributed by atoms with Gasteiger partial charge in [0.25, 0.3) is 0 Å². The summed E-state index contributed by atoms with van der Waals surface area (Å²) >= 11 is 1.48. The third kappa shape index (κ3) is 2.93. The number of fused-ring (bicyclic) bond motifs is 1. The van der Waals surface area contributed by atoms with Crippen molar-refractivity contribution in [2.45, 2.75) is 26.3 Å². The summed E-state index contributed by atoms with van der Waals surface area (Å²) in [4.78, 5) is 18.8. The number of anilines is 1. The third-order valence-corrected chi connectivity index (χ3v) is 4.62. The van der Waals surface area contributed by atoms with Gasteiger partial charge in [-0.2, -0.15) is 0 Å². The summed E-state index contributed by atoms with van der Waals surface area (Å²) in [7, 11) is 0. The zero-order valence-corrected chi connectivity index (χ0v) is 12.9. The summed E-state index contributed by atoms with van der Waals surface area (Å²) in [6.45, 7) is 4.29. The molecule has 2 aromatic rings. The summed E-state index contributed by atoms with van der Waals surface area (Å²) in [5.41, 5.74) is 2.08. The van der Waals surface area contributed by atoms with Gasteiger partial charge in [-0.05, 0) is 12.5 Å². The lowest BCUT2D eigenvalue weighted by Crippen LogP contribution is -2.25. The predicted molar refractivity (Wildman–Crippen MR) is 84.5 cm³/mol. The Kier molecular flexibility index (Phi) is 4.20. The molecule has 5 heteroatoms. The van der Waals surface area contributed by atoms with Crippen LogP contribution in [0.5, 0.6) is 5.75 Å². The van der Waals surface area contributed by atoms with Gasteiger partial charge in [0, 0.05) is 12.1 Å². The Morgan fingerprint density at radius 2 is 2.29 bits per heavy atom. The smallest absolute Gasteiger partial charge is 0.186 e. The van der Waals surface area contributed by atoms with Crippen LogP contribution >= 0.6 is 11.3 Å². The molecule has 2 heterocycles. The molecule has 0 aliphatic carbocycles. The number of ether oxygens (including phenoxy) is 1. The van der Waals surface area contributed by atoms with Crippen LogP contribution in [0.4, 0.5) is 5.13 Å². The van der Waals surface area contributed by atoms with E-state index in [1.807, 2.05) is 18.2 Å². The fourth-order valence-electron chi connectivity index (χ4n) is 2.48. The number of aromatic nitrogens is 1. The molecule has 3 rings (SSSR count). The van der Waals surface area contributed by atoms with Crippen LogP contribution in [-0.4, -0.2) is 24.4 Å². The lowest BCUT2D eigenvalue weighted by atomic mass is 10.2. The Bertz CT molecular complexity index is 639. The first-order valence-electron chi connectivity index (χ1n) is 7.22. The zero-order valence-electron chi connectivity index (χ0n) is 12.0. The molecule has 0 spiro atoms. The molecule has 4 nitrogen and oxygen atoms in total. The minimum atomic E-state index is 0.635. The lowest BCUT2D eigenvalue weighted by Gasteiger charge is -2.18. The highest BCUT2D eigenvalue weighted by molar-refractivity contribution is 7.17. The number of para-hydroxylation sites is 1. The number of aryl methyl sites for hydroxylation is 1. The van der Waals surface area contributed by atoms with Crippen molar-refractivity contribution >= 4 is 22.8 Å². The predicted octanol–water partition coefficient (Wildman–Crippen LogP) is 3.31. The number of hydrogen-bond donors (Lipinski definition) is 0. The van der Waals surface area contributed by atoms with Gasteiger partial charge >= 0.3 is 0 Å². The molecule has 1 aliphatic rings. The molecule has 21 heavy (non-hydrogen) atoms. The maximum absolute atomic E-state index is 11.2. The van der Waals surface area contributed by atoms with Crippen LogP contribution in [0, 0.1) is 0 Å². The standard InChI is InChI=1S/C16H18N2O2S/c1-2-5-13-15(11-19)21-16(17-13)18-8-9-20-14-7-4-3-6-12(14)10-18/h3-4,6-7,11H,2,5,8-10H2,1H3. The van der Waals surface area contributed by atoms with Gasteiger partial charge in [-0.25, -0.2) is 4.98 Å². The van der Waals surface area contributed by atoms with E-state index >= 15 is 0 Å². The van der Waals surface area contributed by atoms with Crippen molar-refractivity contribution in [3.8, 4) is 5.75 Å². The average Bonchev–Trinajstić information content (AvgIpc) is 2.78. The number of nitrogens with zero attached hydrogens (tertiary/aromatic N) is 2. The number of carbonyl (C=O) groups excluding carboxylic acids is 1. The summed E-state index contributed by atoms with van der Waals surface area (Å²) in [5, 5.41) is 0.917. The van der Waals surface area contributed by atoms with E-state index in [2.05, 4.69) is 22.9 Å². The Labute approximate surface area is 128 Å². The Balaban J connectivity index is 1.88. The Morgan fingerprint density at radius 3 is 3.10 bits per heavy atom. The van der Waals surface area contributed by atoms with E-state index in [9.17, 15) is 4.79 Å². The van der Waals surface area contributed by atoms with Crippen LogP contribution in [0.15, 0.2) is 24.3 Å². The molecule has 1 aliphatic heterocycles. The molecule has 1 aromatic carbocycles. The zero-order chi connectivity index (χ0) is 14.7. The number of benzene rings is 1. The van der Waals surface area contributed by atoms with Gasteiger partial charge in [0.2, 0.25) is 0 Å². The second-order valence-electron chi connectivity index (χ2n) is 5.05. The van der Waals surface area contributed by atoms with Gasteiger partial charge in [-0.15, -0.1) is 0 Å². The minimum Gasteiger partial charge on any atom is -0.491 e. The van der Waals surface area contributed by atoms with Gasteiger partial charge < -0.3 is 9.64 Å². The van der Waals surface area contributed by atoms with Crippen LogP contribution in [0.1, 0.15) is 34.3 Å². The van der Waals surface area contributed by atoms with Crippen LogP contribution in [0.3, 0.4) is 0 Å². The lowest BCUT2D eigenvalue weighted by molar-refractivity contribution is 0.112. The van der Waals surface area contributed by atoms with Crippen LogP contribution in [0.25, 0.3) is 0 Å². The first-order valence-corrected chi connectivity index (χ1v) is 8.04. The summed E-state index contributed by atoms with van der Waals surface area (Å²) in [6.07, 6.45) is 2.77. The van der Waals surface area contributed by atoms with Crippen LogP contribution < -0.4 is 9.64 Å². The van der Waals surface area contributed by atoms with Crippen molar-refractivity contribution in [1.82, 2.24) is 4.98 Å². The molecule has 0 bridgehead atoms. The average molecular weight is 302 g/mol. The van der Waals surface area contributed by atoms with E-state index in [0.29, 0.717) is 6.61 Å². The van der Waals surface area contributed by atoms with E-state index in [4.69, 9.17) is 4.74 Å². The van der Waals surface area contributed by atoms with Gasteiger partial charge in [0.05, 0.1) is 17.1 Å². The molecule has 0 N–H and O–H groups in total. The third-order valence-electron chi connectivity index (χ3n) is 3.53. The quantitative estimate of drug-likeness (QED) is 0.813. The number of rotatable bonds is 4. The van der Waals surface area contributed by atoms with Crippen molar-refractivity contribution in [2.75, 3.05) is 18.1 Å². The normalized spacial score (nSPS) is 14.2. The Morgan fingerprint density at radius 1 is 1.43 bits per heavy atom. The fraction of sp³-hybridized carbons (Fsp3) is 0.375. The van der Waals surface area contributed by atoms with E-state index in [0.717, 1.165) is 59.2 Å². The van der Waals surface area contributed by atoms with E-state index < -0.39 is 0 Å². The number of carbonyl (C=O) groups is 1. The van der Waals surface area contributed by atoms with Crippen molar-refractivity contribution in [1.29, 1.82) is 0 Å². The number of thiazole rings is 1. The van der Waals surface area contributed by atoms with Crippen molar-refractivity contribution in [2.24, 2.45) is 0 Å². The topological polar surface area (TPSA) is 42.4 Å². The summed E-state index contributed by atoms with van der Waals surface area (Å²) in [5.74, 6) is 0.945. The largest absolute Gasteiger partial charge is 0.491 e. The van der Waals surface area contributed by atoms with Gasteiger partial charge in [-0.3, -0.25) is 4.79 Å². The molecule has 0 saturated heterocycles. The molecular formula is C16H18N2O2S. The van der Waals surface area contributed by atoms with E-state index in [1.54, 1.807) is 0 Å². The van der Waals surface area contributed by atoms with E-state index in [1.165, 1.54) is 11.3 Å². The SMILES string of the molecule is CCCc1nc(N2CCOc3ccccc3C2)sc1C=O. The monoisotopic (exact) mass is 302 g/mol. The highest BCUT2D eigenvalue weighted by Crippen LogP contribution is 2.30. The molecular weight excluding hydrogens is 284 g/mol. The Hall–Kier alpha value is -1.88. The first kappa shape index (κ1) is 14.1. The minimum absolute atomic E-state index is 0.635. The molecule has 0 atom stereocenters. The fourth-order valence-corrected chi connectivity index (χ4v) is 3.43. The van der Waals surface area contributed by atoms with E-state index in [-0.39, 0.29) is 0 Å². The highest BCUT2D eigenvalue weighted by atomic mass is 32.1. The maximum atomic E-state index is 11.2. The second-order valence-corrected chi connectivity index (χ2v) is 6.06. The maximum Gasteiger partial charge on any atom is 0.186 e. The first-order chi connectivity index (χ1) is 10.3. The molecule has 0 saturated carbocycles. The van der Waals surface area contributed by atoms with Gasteiger partial charge in [0.15, 0.2) is 11.4 Å². The molecule has 0 unspecified atom stereocenters. The van der Waals surface area contributed by atoms with Crippen LogP contribution in [0.2, 0.25) is 0 Å². The summed E-state index contributed by atoms with van der Waals surface area (Å²) in [6, 6.07) is 8.09. The van der Waals surface area contributed by atoms with Crippen LogP contribution in [-0.2, 0) is 13.0 Å². The van der Waals surface area contributed by atoms with Gasteiger partial charge in [-0.1, -0.05) is 42.9 Å².